The van der Waals surface area contributed by atoms with E-state index in [0.29, 0.717) is 18.9 Å². The van der Waals surface area contributed by atoms with Gasteiger partial charge in [-0.3, -0.25) is 4.79 Å². The molecule has 0 atom stereocenters. The molecule has 3 N–H and O–H groups in total. The minimum Gasteiger partial charge on any atom is -0.392 e. The highest BCUT2D eigenvalue weighted by Crippen LogP contribution is 2.38. The number of benzene rings is 1. The molecule has 0 spiro atoms. The molecule has 1 fully saturated rings. The van der Waals surface area contributed by atoms with E-state index in [4.69, 9.17) is 10.2 Å². The number of carbonyl (C=O) groups excluding carboxylic acids is 1. The van der Waals surface area contributed by atoms with Gasteiger partial charge in [-0.25, -0.2) is 9.97 Å². The summed E-state index contributed by atoms with van der Waals surface area (Å²) in [5, 5.41) is 22.3. The van der Waals surface area contributed by atoms with Crippen molar-refractivity contribution in [1.82, 2.24) is 24.8 Å². The SMILES string of the molecule is N#CCC1CCC(n2c(CC(=O)NCc3ccc(CO)cc3)nc3cnc4[nH]ccc4c32)CC1. The van der Waals surface area contributed by atoms with Crippen LogP contribution in [0.3, 0.4) is 0 Å². The van der Waals surface area contributed by atoms with Crippen molar-refractivity contribution in [2.45, 2.75) is 57.7 Å². The Morgan fingerprint density at radius 3 is 2.68 bits per heavy atom. The van der Waals surface area contributed by atoms with Crippen molar-refractivity contribution >= 4 is 28.0 Å². The van der Waals surface area contributed by atoms with Gasteiger partial charge in [-0.2, -0.15) is 5.26 Å². The number of pyridine rings is 1. The third-order valence-electron chi connectivity index (χ3n) is 6.88. The van der Waals surface area contributed by atoms with Gasteiger partial charge < -0.3 is 20.0 Å². The molecule has 3 heterocycles. The Hall–Kier alpha value is -3.70. The molecule has 3 aromatic heterocycles. The highest BCUT2D eigenvalue weighted by Gasteiger charge is 2.27. The van der Waals surface area contributed by atoms with Crippen LogP contribution in [-0.2, 0) is 24.4 Å². The molecule has 0 bridgehead atoms. The molecule has 1 aromatic carbocycles. The van der Waals surface area contributed by atoms with Crippen LogP contribution in [0.5, 0.6) is 0 Å². The van der Waals surface area contributed by atoms with E-state index < -0.39 is 0 Å². The number of hydrogen-bond acceptors (Lipinski definition) is 5. The van der Waals surface area contributed by atoms with Crippen molar-refractivity contribution in [2.75, 3.05) is 0 Å². The number of rotatable bonds is 7. The number of nitrogens with one attached hydrogen (secondary N) is 2. The summed E-state index contributed by atoms with van der Waals surface area (Å²) >= 11 is 0. The van der Waals surface area contributed by atoms with Gasteiger partial charge in [0.25, 0.3) is 0 Å². The monoisotopic (exact) mass is 456 g/mol. The predicted molar refractivity (Wildman–Crippen MR) is 129 cm³/mol. The van der Waals surface area contributed by atoms with Gasteiger partial charge in [0.15, 0.2) is 0 Å². The van der Waals surface area contributed by atoms with Gasteiger partial charge in [0.1, 0.15) is 17.0 Å². The lowest BCUT2D eigenvalue weighted by molar-refractivity contribution is -0.120. The van der Waals surface area contributed by atoms with E-state index in [1.807, 2.05) is 36.5 Å². The number of nitriles is 1. The number of nitrogens with zero attached hydrogens (tertiary/aromatic N) is 4. The first-order valence-corrected chi connectivity index (χ1v) is 11.8. The molecule has 0 radical (unpaired) electrons. The van der Waals surface area contributed by atoms with Crippen molar-refractivity contribution in [3.8, 4) is 6.07 Å². The maximum Gasteiger partial charge on any atom is 0.227 e. The fourth-order valence-electron chi connectivity index (χ4n) is 5.06. The second-order valence-corrected chi connectivity index (χ2v) is 9.09. The lowest BCUT2D eigenvalue weighted by atomic mass is 9.84. The molecule has 0 saturated heterocycles. The summed E-state index contributed by atoms with van der Waals surface area (Å²) in [5.41, 5.74) is 4.46. The van der Waals surface area contributed by atoms with Crippen LogP contribution in [0.2, 0.25) is 0 Å². The summed E-state index contributed by atoms with van der Waals surface area (Å²) in [7, 11) is 0. The molecule has 8 heteroatoms. The van der Waals surface area contributed by atoms with Crippen LogP contribution in [0.4, 0.5) is 0 Å². The molecular weight excluding hydrogens is 428 g/mol. The maximum absolute atomic E-state index is 12.9. The quantitative estimate of drug-likeness (QED) is 0.389. The van der Waals surface area contributed by atoms with Gasteiger partial charge in [0, 0.05) is 30.6 Å². The Bertz CT molecular complexity index is 1340. The lowest BCUT2D eigenvalue weighted by Crippen LogP contribution is -2.27. The number of H-pyrrole nitrogens is 1. The molecule has 1 amide bonds. The Morgan fingerprint density at radius 2 is 1.94 bits per heavy atom. The number of hydrogen-bond donors (Lipinski definition) is 3. The van der Waals surface area contributed by atoms with Gasteiger partial charge in [-0.05, 0) is 48.8 Å². The van der Waals surface area contributed by atoms with E-state index >= 15 is 0 Å². The van der Waals surface area contributed by atoms with Gasteiger partial charge in [-0.1, -0.05) is 24.3 Å². The number of carbonyl (C=O) groups is 1. The normalized spacial score (nSPS) is 18.2. The molecule has 8 nitrogen and oxygen atoms in total. The third kappa shape index (κ3) is 4.39. The van der Waals surface area contributed by atoms with E-state index in [1.54, 1.807) is 6.20 Å². The Balaban J connectivity index is 1.40. The summed E-state index contributed by atoms with van der Waals surface area (Å²) in [6.07, 6.45) is 8.41. The summed E-state index contributed by atoms with van der Waals surface area (Å²) < 4.78 is 2.26. The molecule has 4 aromatic rings. The zero-order chi connectivity index (χ0) is 23.5. The first kappa shape index (κ1) is 22.1. The summed E-state index contributed by atoms with van der Waals surface area (Å²) in [6.45, 7) is 0.429. The number of amides is 1. The van der Waals surface area contributed by atoms with Crippen LogP contribution in [0.15, 0.2) is 42.7 Å². The standard InChI is InChI=1S/C26H28N6O2/c27-11-9-17-5-7-20(8-6-17)32-23(31-22-15-30-26-21(25(22)32)10-12-28-26)13-24(34)29-14-18-1-3-19(16-33)4-2-18/h1-4,10,12,15,17,20,33H,5-9,13-14,16H2,(H,28,30)(H,29,34). The van der Waals surface area contributed by atoms with Crippen LogP contribution >= 0.6 is 0 Å². The first-order valence-electron chi connectivity index (χ1n) is 11.8. The second-order valence-electron chi connectivity index (χ2n) is 9.09. The van der Waals surface area contributed by atoms with Crippen molar-refractivity contribution in [1.29, 1.82) is 5.26 Å². The zero-order valence-electron chi connectivity index (χ0n) is 19.0. The van der Waals surface area contributed by atoms with Gasteiger partial charge in [-0.15, -0.1) is 0 Å². The van der Waals surface area contributed by atoms with E-state index in [9.17, 15) is 9.90 Å². The molecule has 5 rings (SSSR count). The largest absolute Gasteiger partial charge is 0.392 e. The van der Waals surface area contributed by atoms with E-state index in [1.165, 1.54) is 0 Å². The summed E-state index contributed by atoms with van der Waals surface area (Å²) in [4.78, 5) is 25.4. The predicted octanol–water partition coefficient (Wildman–Crippen LogP) is 3.91. The highest BCUT2D eigenvalue weighted by molar-refractivity contribution is 6.01. The average Bonchev–Trinajstić information content (AvgIpc) is 3.48. The van der Waals surface area contributed by atoms with E-state index in [0.717, 1.165) is 64.7 Å². The Labute approximate surface area is 197 Å². The lowest BCUT2D eigenvalue weighted by Gasteiger charge is -2.30. The molecule has 34 heavy (non-hydrogen) atoms. The van der Waals surface area contributed by atoms with Gasteiger partial charge >= 0.3 is 0 Å². The number of aromatic amines is 1. The third-order valence-corrected chi connectivity index (χ3v) is 6.88. The van der Waals surface area contributed by atoms with Crippen LogP contribution in [0.25, 0.3) is 22.1 Å². The minimum absolute atomic E-state index is 0.00451. The van der Waals surface area contributed by atoms with Gasteiger partial charge in [0.2, 0.25) is 5.91 Å². The maximum atomic E-state index is 12.9. The van der Waals surface area contributed by atoms with E-state index in [2.05, 4.69) is 25.9 Å². The average molecular weight is 457 g/mol. The fourth-order valence-corrected chi connectivity index (χ4v) is 5.06. The van der Waals surface area contributed by atoms with Crippen LogP contribution in [0.1, 0.15) is 55.1 Å². The number of aliphatic hydroxyl groups is 1. The molecule has 1 aliphatic carbocycles. The number of fused-ring (bicyclic) bond motifs is 3. The second kappa shape index (κ2) is 9.65. The Morgan fingerprint density at radius 1 is 1.18 bits per heavy atom. The molecule has 0 aliphatic heterocycles. The van der Waals surface area contributed by atoms with Gasteiger partial charge in [0.05, 0.1) is 30.8 Å². The fraction of sp³-hybridized carbons (Fsp3) is 0.385. The van der Waals surface area contributed by atoms with Crippen LogP contribution in [0, 0.1) is 17.2 Å². The van der Waals surface area contributed by atoms with Crippen molar-refractivity contribution < 1.29 is 9.90 Å². The first-order chi connectivity index (χ1) is 16.7. The number of imidazole rings is 1. The molecule has 1 aliphatic rings. The molecule has 174 valence electrons. The zero-order valence-corrected chi connectivity index (χ0v) is 19.0. The van der Waals surface area contributed by atoms with Crippen LogP contribution < -0.4 is 5.32 Å². The molecule has 0 unspecified atom stereocenters. The van der Waals surface area contributed by atoms with E-state index in [-0.39, 0.29) is 25.0 Å². The summed E-state index contributed by atoms with van der Waals surface area (Å²) in [5.74, 6) is 1.12. The smallest absolute Gasteiger partial charge is 0.227 e. The minimum atomic E-state index is -0.0840. The summed E-state index contributed by atoms with van der Waals surface area (Å²) in [6, 6.07) is 12.1. The number of aromatic nitrogens is 4. The van der Waals surface area contributed by atoms with Crippen molar-refractivity contribution in [3.05, 3.63) is 59.7 Å². The van der Waals surface area contributed by atoms with Crippen molar-refractivity contribution in [2.24, 2.45) is 5.92 Å². The van der Waals surface area contributed by atoms with Crippen molar-refractivity contribution in [3.63, 3.8) is 0 Å². The Kier molecular flexibility index (Phi) is 6.28. The molecular formula is C26H28N6O2. The highest BCUT2D eigenvalue weighted by atomic mass is 16.3. The topological polar surface area (TPSA) is 120 Å². The molecule has 1 saturated carbocycles. The number of aliphatic hydroxyl groups excluding tert-OH is 1. The van der Waals surface area contributed by atoms with Crippen LogP contribution in [-0.4, -0.2) is 30.5 Å².